The second-order valence-electron chi connectivity index (χ2n) is 11.2. The summed E-state index contributed by atoms with van der Waals surface area (Å²) in [7, 11) is 0. The summed E-state index contributed by atoms with van der Waals surface area (Å²) in [5.74, 6) is -1.83. The second kappa shape index (κ2) is 22.8. The highest BCUT2D eigenvalue weighted by Crippen LogP contribution is 2.27. The number of hydrogen-bond donors (Lipinski definition) is 1. The van der Waals surface area contributed by atoms with E-state index in [0.717, 1.165) is 32.4 Å². The van der Waals surface area contributed by atoms with Gasteiger partial charge in [-0.15, -0.1) is 0 Å². The lowest BCUT2D eigenvalue weighted by Gasteiger charge is -2.30. The highest BCUT2D eigenvalue weighted by Gasteiger charge is 2.35. The van der Waals surface area contributed by atoms with Crippen molar-refractivity contribution in [3.8, 4) is 0 Å². The van der Waals surface area contributed by atoms with Crippen molar-refractivity contribution in [1.82, 2.24) is 4.90 Å². The standard InChI is InChI=1S/C32H59NO3/c1-3-5-7-9-11-13-15-17-19-23-27-33(28-24-20-18-16-14-12-10-8-6-4-2)31(34)29-25-21-22-26-30(29)32(35)36/h21,25,29-30H,3-20,22-24,26-28H2,1-2H3,(H,35,36). The molecule has 1 N–H and O–H groups in total. The maximum atomic E-state index is 13.4. The Labute approximate surface area is 223 Å². The van der Waals surface area contributed by atoms with Gasteiger partial charge in [-0.1, -0.05) is 142 Å². The van der Waals surface area contributed by atoms with Crippen molar-refractivity contribution in [2.75, 3.05) is 13.1 Å². The van der Waals surface area contributed by atoms with Gasteiger partial charge in [-0.05, 0) is 25.7 Å². The van der Waals surface area contributed by atoms with Crippen LogP contribution in [0.15, 0.2) is 12.2 Å². The molecule has 1 amide bonds. The first-order chi connectivity index (χ1) is 17.6. The number of nitrogens with zero attached hydrogens (tertiary/aromatic N) is 1. The Kier molecular flexibility index (Phi) is 20.8. The number of carbonyl (C=O) groups excluding carboxylic acids is 1. The van der Waals surface area contributed by atoms with Crippen LogP contribution in [0.1, 0.15) is 155 Å². The third-order valence-corrected chi connectivity index (χ3v) is 7.90. The summed E-state index contributed by atoms with van der Waals surface area (Å²) >= 11 is 0. The lowest BCUT2D eigenvalue weighted by atomic mass is 9.83. The molecule has 4 nitrogen and oxygen atoms in total. The van der Waals surface area contributed by atoms with Gasteiger partial charge in [0.15, 0.2) is 0 Å². The number of hydrogen-bond acceptors (Lipinski definition) is 2. The molecule has 0 heterocycles. The number of allylic oxidation sites excluding steroid dienone is 1. The number of carboxylic acid groups (broad SMARTS) is 1. The SMILES string of the molecule is CCCCCCCCCCCCN(CCCCCCCCCCCC)C(=O)C1C=CCCC1C(=O)O. The van der Waals surface area contributed by atoms with Crippen molar-refractivity contribution < 1.29 is 14.7 Å². The second-order valence-corrected chi connectivity index (χ2v) is 11.2. The van der Waals surface area contributed by atoms with E-state index in [4.69, 9.17) is 0 Å². The van der Waals surface area contributed by atoms with Gasteiger partial charge in [-0.2, -0.15) is 0 Å². The Morgan fingerprint density at radius 1 is 0.667 bits per heavy atom. The Morgan fingerprint density at radius 3 is 1.44 bits per heavy atom. The summed E-state index contributed by atoms with van der Waals surface area (Å²) in [5, 5.41) is 9.66. The lowest BCUT2D eigenvalue weighted by Crippen LogP contribution is -2.42. The van der Waals surface area contributed by atoms with Crippen molar-refractivity contribution in [3.05, 3.63) is 12.2 Å². The Morgan fingerprint density at radius 2 is 1.06 bits per heavy atom. The summed E-state index contributed by atoms with van der Waals surface area (Å²) in [5.41, 5.74) is 0. The first-order valence-electron chi connectivity index (χ1n) is 15.8. The topological polar surface area (TPSA) is 57.6 Å². The molecule has 0 radical (unpaired) electrons. The average molecular weight is 506 g/mol. The van der Waals surface area contributed by atoms with E-state index in [1.165, 1.54) is 116 Å². The molecule has 0 spiro atoms. The molecule has 0 aliphatic heterocycles. The van der Waals surface area contributed by atoms with Gasteiger partial charge < -0.3 is 10.0 Å². The lowest BCUT2D eigenvalue weighted by molar-refractivity contribution is -0.149. The first kappa shape index (κ1) is 32.7. The fourth-order valence-electron chi connectivity index (χ4n) is 5.49. The van der Waals surface area contributed by atoms with Crippen LogP contribution >= 0.6 is 0 Å². The van der Waals surface area contributed by atoms with Gasteiger partial charge in [-0.3, -0.25) is 9.59 Å². The van der Waals surface area contributed by atoms with Crippen LogP contribution in [0.2, 0.25) is 0 Å². The normalized spacial score (nSPS) is 17.4. The van der Waals surface area contributed by atoms with Crippen LogP contribution in [0.4, 0.5) is 0 Å². The van der Waals surface area contributed by atoms with E-state index in [1.54, 1.807) is 0 Å². The summed E-state index contributed by atoms with van der Waals surface area (Å²) in [6, 6.07) is 0. The third kappa shape index (κ3) is 15.7. The van der Waals surface area contributed by atoms with Crippen molar-refractivity contribution in [3.63, 3.8) is 0 Å². The summed E-state index contributed by atoms with van der Waals surface area (Å²) < 4.78 is 0. The molecule has 0 saturated heterocycles. The maximum absolute atomic E-state index is 13.4. The van der Waals surface area contributed by atoms with Crippen LogP contribution in [0.5, 0.6) is 0 Å². The average Bonchev–Trinajstić information content (AvgIpc) is 2.89. The smallest absolute Gasteiger partial charge is 0.307 e. The molecule has 4 heteroatoms. The highest BCUT2D eigenvalue weighted by atomic mass is 16.4. The van der Waals surface area contributed by atoms with Gasteiger partial charge in [0, 0.05) is 13.1 Å². The van der Waals surface area contributed by atoms with E-state index >= 15 is 0 Å². The monoisotopic (exact) mass is 505 g/mol. The fourth-order valence-corrected chi connectivity index (χ4v) is 5.49. The number of carboxylic acids is 1. The zero-order valence-electron chi connectivity index (χ0n) is 24.0. The van der Waals surface area contributed by atoms with Gasteiger partial charge in [0.05, 0.1) is 11.8 Å². The van der Waals surface area contributed by atoms with E-state index in [9.17, 15) is 14.7 Å². The summed E-state index contributed by atoms with van der Waals surface area (Å²) in [6.45, 7) is 6.08. The summed E-state index contributed by atoms with van der Waals surface area (Å²) in [6.07, 6.45) is 30.9. The number of rotatable bonds is 24. The molecule has 0 aromatic heterocycles. The van der Waals surface area contributed by atoms with E-state index in [0.29, 0.717) is 6.42 Å². The Hall–Kier alpha value is -1.32. The zero-order valence-corrected chi connectivity index (χ0v) is 24.0. The minimum absolute atomic E-state index is 0.0465. The zero-order chi connectivity index (χ0) is 26.3. The van der Waals surface area contributed by atoms with Crippen molar-refractivity contribution >= 4 is 11.9 Å². The quantitative estimate of drug-likeness (QED) is 0.105. The van der Waals surface area contributed by atoms with Gasteiger partial charge in [0.1, 0.15) is 0 Å². The molecule has 1 rings (SSSR count). The van der Waals surface area contributed by atoms with Crippen molar-refractivity contribution in [2.45, 2.75) is 155 Å². The van der Waals surface area contributed by atoms with E-state index in [2.05, 4.69) is 13.8 Å². The number of carbonyl (C=O) groups is 2. The highest BCUT2D eigenvalue weighted by molar-refractivity contribution is 5.86. The van der Waals surface area contributed by atoms with Crippen molar-refractivity contribution in [1.29, 1.82) is 0 Å². The molecule has 0 saturated carbocycles. The molecule has 0 bridgehead atoms. The molecular weight excluding hydrogens is 446 g/mol. The van der Waals surface area contributed by atoms with Gasteiger partial charge in [0.2, 0.25) is 5.91 Å². The molecule has 36 heavy (non-hydrogen) atoms. The van der Waals surface area contributed by atoms with Gasteiger partial charge in [-0.25, -0.2) is 0 Å². The van der Waals surface area contributed by atoms with Crippen LogP contribution in [-0.4, -0.2) is 35.0 Å². The van der Waals surface area contributed by atoms with E-state index in [-0.39, 0.29) is 5.91 Å². The van der Waals surface area contributed by atoms with Crippen LogP contribution in [0.3, 0.4) is 0 Å². The molecular formula is C32H59NO3. The summed E-state index contributed by atoms with van der Waals surface area (Å²) in [4.78, 5) is 27.2. The number of aliphatic carboxylic acids is 1. The molecule has 210 valence electrons. The molecule has 1 aliphatic rings. The molecule has 2 atom stereocenters. The minimum Gasteiger partial charge on any atom is -0.481 e. The van der Waals surface area contributed by atoms with E-state index < -0.39 is 17.8 Å². The Bertz CT molecular complexity index is 550. The maximum Gasteiger partial charge on any atom is 0.307 e. The number of unbranched alkanes of at least 4 members (excludes halogenated alkanes) is 18. The Balaban J connectivity index is 2.38. The van der Waals surface area contributed by atoms with Crippen LogP contribution < -0.4 is 0 Å². The molecule has 2 unspecified atom stereocenters. The van der Waals surface area contributed by atoms with Crippen molar-refractivity contribution in [2.24, 2.45) is 11.8 Å². The van der Waals surface area contributed by atoms with Crippen LogP contribution in [0.25, 0.3) is 0 Å². The number of amides is 1. The largest absolute Gasteiger partial charge is 0.481 e. The third-order valence-electron chi connectivity index (χ3n) is 7.90. The minimum atomic E-state index is -0.824. The van der Waals surface area contributed by atoms with Crippen LogP contribution in [0, 0.1) is 11.8 Å². The van der Waals surface area contributed by atoms with Crippen LogP contribution in [-0.2, 0) is 9.59 Å². The predicted octanol–water partition coefficient (Wildman–Crippen LogP) is 9.32. The van der Waals surface area contributed by atoms with Gasteiger partial charge in [0.25, 0.3) is 0 Å². The first-order valence-corrected chi connectivity index (χ1v) is 15.8. The molecule has 0 fully saturated rings. The molecule has 1 aliphatic carbocycles. The van der Waals surface area contributed by atoms with Gasteiger partial charge >= 0.3 is 5.97 Å². The fraction of sp³-hybridized carbons (Fsp3) is 0.875. The van der Waals surface area contributed by atoms with E-state index in [1.807, 2.05) is 17.1 Å². The molecule has 0 aromatic rings. The predicted molar refractivity (Wildman–Crippen MR) is 153 cm³/mol. The molecule has 0 aromatic carbocycles.